The van der Waals surface area contributed by atoms with Gasteiger partial charge >= 0.3 is 0 Å². The van der Waals surface area contributed by atoms with Gasteiger partial charge in [0.1, 0.15) is 0 Å². The van der Waals surface area contributed by atoms with Gasteiger partial charge in [0, 0.05) is 24.7 Å². The molecule has 1 unspecified atom stereocenters. The summed E-state index contributed by atoms with van der Waals surface area (Å²) in [7, 11) is 0. The molecule has 0 bridgehead atoms. The van der Waals surface area contributed by atoms with E-state index in [0.717, 1.165) is 25.9 Å². The minimum atomic E-state index is 0.349. The zero-order chi connectivity index (χ0) is 15.2. The van der Waals surface area contributed by atoms with E-state index < -0.39 is 0 Å². The van der Waals surface area contributed by atoms with E-state index in [1.165, 1.54) is 22.5 Å². The van der Waals surface area contributed by atoms with Gasteiger partial charge in [0.05, 0.1) is 5.69 Å². The standard InChI is InChI=1S/C18H27N3/c1-5-16-12-17(21(7-3)20-16)13-18(19-6-2)15-10-8-14(4)9-11-15/h8-12,18-19H,5-7,13H2,1-4H3. The molecule has 0 aliphatic carbocycles. The summed E-state index contributed by atoms with van der Waals surface area (Å²) < 4.78 is 2.14. The van der Waals surface area contributed by atoms with Gasteiger partial charge in [-0.25, -0.2) is 0 Å². The van der Waals surface area contributed by atoms with Crippen LogP contribution in [0.2, 0.25) is 0 Å². The van der Waals surface area contributed by atoms with E-state index in [1.807, 2.05) is 0 Å². The summed E-state index contributed by atoms with van der Waals surface area (Å²) in [5.41, 5.74) is 5.16. The second kappa shape index (κ2) is 7.41. The van der Waals surface area contributed by atoms with Crippen LogP contribution in [0.3, 0.4) is 0 Å². The van der Waals surface area contributed by atoms with Crippen LogP contribution in [0.1, 0.15) is 49.3 Å². The Bertz CT molecular complexity index is 554. The number of aryl methyl sites for hydroxylation is 3. The van der Waals surface area contributed by atoms with Gasteiger partial charge < -0.3 is 5.32 Å². The summed E-state index contributed by atoms with van der Waals surface area (Å²) in [5.74, 6) is 0. The van der Waals surface area contributed by atoms with Crippen LogP contribution in [0.15, 0.2) is 30.3 Å². The fourth-order valence-corrected chi connectivity index (χ4v) is 2.69. The molecule has 0 fully saturated rings. The van der Waals surface area contributed by atoms with E-state index in [9.17, 15) is 0 Å². The molecule has 0 saturated carbocycles. The molecule has 3 nitrogen and oxygen atoms in total. The molecule has 1 N–H and O–H groups in total. The molecule has 0 saturated heterocycles. The van der Waals surface area contributed by atoms with E-state index in [-0.39, 0.29) is 0 Å². The van der Waals surface area contributed by atoms with Crippen molar-refractivity contribution < 1.29 is 0 Å². The molecule has 114 valence electrons. The molecular formula is C18H27N3. The minimum Gasteiger partial charge on any atom is -0.310 e. The maximum atomic E-state index is 4.66. The lowest BCUT2D eigenvalue weighted by Gasteiger charge is -2.19. The molecule has 21 heavy (non-hydrogen) atoms. The second-order valence-electron chi connectivity index (χ2n) is 5.52. The lowest BCUT2D eigenvalue weighted by atomic mass is 10.0. The smallest absolute Gasteiger partial charge is 0.0624 e. The number of aromatic nitrogens is 2. The summed E-state index contributed by atoms with van der Waals surface area (Å²) in [6.45, 7) is 10.5. The van der Waals surface area contributed by atoms with Crippen molar-refractivity contribution in [3.8, 4) is 0 Å². The molecule has 0 aliphatic rings. The Balaban J connectivity index is 2.23. The summed E-state index contributed by atoms with van der Waals surface area (Å²) in [5, 5.41) is 8.26. The van der Waals surface area contributed by atoms with Crippen LogP contribution in [0.5, 0.6) is 0 Å². The van der Waals surface area contributed by atoms with Crippen LogP contribution >= 0.6 is 0 Å². The van der Waals surface area contributed by atoms with Gasteiger partial charge in [-0.2, -0.15) is 5.10 Å². The maximum absolute atomic E-state index is 4.66. The van der Waals surface area contributed by atoms with Crippen LogP contribution < -0.4 is 5.32 Å². The van der Waals surface area contributed by atoms with E-state index in [2.05, 4.69) is 73.1 Å². The van der Waals surface area contributed by atoms with Crippen molar-refractivity contribution in [3.05, 3.63) is 52.8 Å². The average Bonchev–Trinajstić information content (AvgIpc) is 2.90. The van der Waals surface area contributed by atoms with Gasteiger partial charge in [0.15, 0.2) is 0 Å². The molecule has 0 spiro atoms. The lowest BCUT2D eigenvalue weighted by Crippen LogP contribution is -2.24. The van der Waals surface area contributed by atoms with Gasteiger partial charge in [-0.3, -0.25) is 4.68 Å². The molecular weight excluding hydrogens is 258 g/mol. The summed E-state index contributed by atoms with van der Waals surface area (Å²) in [6.07, 6.45) is 1.98. The molecule has 2 rings (SSSR count). The highest BCUT2D eigenvalue weighted by molar-refractivity contribution is 5.26. The zero-order valence-corrected chi connectivity index (χ0v) is 13.7. The largest absolute Gasteiger partial charge is 0.310 e. The first kappa shape index (κ1) is 15.8. The Kier molecular flexibility index (Phi) is 5.57. The number of rotatable bonds is 7. The Labute approximate surface area is 128 Å². The van der Waals surface area contributed by atoms with E-state index in [0.29, 0.717) is 6.04 Å². The fraction of sp³-hybridized carbons (Fsp3) is 0.500. The van der Waals surface area contributed by atoms with Crippen LogP contribution in [-0.2, 0) is 19.4 Å². The molecule has 3 heteroatoms. The lowest BCUT2D eigenvalue weighted by molar-refractivity contribution is 0.516. The van der Waals surface area contributed by atoms with Crippen molar-refractivity contribution >= 4 is 0 Å². The first-order chi connectivity index (χ1) is 10.2. The predicted octanol–water partition coefficient (Wildman–Crippen LogP) is 3.67. The molecule has 1 heterocycles. The number of benzene rings is 1. The topological polar surface area (TPSA) is 29.9 Å². The quantitative estimate of drug-likeness (QED) is 0.841. The third kappa shape index (κ3) is 3.94. The van der Waals surface area contributed by atoms with Crippen molar-refractivity contribution in [1.82, 2.24) is 15.1 Å². The SMILES string of the molecule is CCNC(Cc1cc(CC)nn1CC)c1ccc(C)cc1. The van der Waals surface area contributed by atoms with Crippen LogP contribution in [0.4, 0.5) is 0 Å². The predicted molar refractivity (Wildman–Crippen MR) is 88.6 cm³/mol. The van der Waals surface area contributed by atoms with Crippen LogP contribution in [-0.4, -0.2) is 16.3 Å². The highest BCUT2D eigenvalue weighted by atomic mass is 15.3. The highest BCUT2D eigenvalue weighted by Crippen LogP contribution is 2.20. The van der Waals surface area contributed by atoms with Crippen molar-refractivity contribution in [2.45, 2.75) is 53.1 Å². The summed E-state index contributed by atoms with van der Waals surface area (Å²) in [6, 6.07) is 11.4. The molecule has 1 atom stereocenters. The molecule has 1 aromatic carbocycles. The van der Waals surface area contributed by atoms with Gasteiger partial charge in [-0.05, 0) is 38.4 Å². The third-order valence-electron chi connectivity index (χ3n) is 3.92. The molecule has 0 amide bonds. The van der Waals surface area contributed by atoms with Crippen molar-refractivity contribution in [2.75, 3.05) is 6.54 Å². The van der Waals surface area contributed by atoms with E-state index >= 15 is 0 Å². The van der Waals surface area contributed by atoms with Crippen molar-refractivity contribution in [3.63, 3.8) is 0 Å². The third-order valence-corrected chi connectivity index (χ3v) is 3.92. The monoisotopic (exact) mass is 285 g/mol. The number of nitrogens with one attached hydrogen (secondary N) is 1. The molecule has 1 aromatic heterocycles. The highest BCUT2D eigenvalue weighted by Gasteiger charge is 2.15. The normalized spacial score (nSPS) is 12.6. The first-order valence-corrected chi connectivity index (χ1v) is 8.03. The van der Waals surface area contributed by atoms with Gasteiger partial charge in [0.2, 0.25) is 0 Å². The van der Waals surface area contributed by atoms with E-state index in [4.69, 9.17) is 0 Å². The molecule has 0 radical (unpaired) electrons. The Morgan fingerprint density at radius 3 is 2.43 bits per heavy atom. The maximum Gasteiger partial charge on any atom is 0.0624 e. The zero-order valence-electron chi connectivity index (χ0n) is 13.7. The number of nitrogens with zero attached hydrogens (tertiary/aromatic N) is 2. The van der Waals surface area contributed by atoms with Gasteiger partial charge in [-0.1, -0.05) is 43.7 Å². The average molecular weight is 285 g/mol. The number of likely N-dealkylation sites (N-methyl/N-ethyl adjacent to an activating group) is 1. The Morgan fingerprint density at radius 2 is 1.86 bits per heavy atom. The molecule has 0 aliphatic heterocycles. The Hall–Kier alpha value is -1.61. The van der Waals surface area contributed by atoms with Crippen molar-refractivity contribution in [2.24, 2.45) is 0 Å². The minimum absolute atomic E-state index is 0.349. The van der Waals surface area contributed by atoms with E-state index in [1.54, 1.807) is 0 Å². The van der Waals surface area contributed by atoms with Gasteiger partial charge in [-0.15, -0.1) is 0 Å². The fourth-order valence-electron chi connectivity index (χ4n) is 2.69. The summed E-state index contributed by atoms with van der Waals surface area (Å²) >= 11 is 0. The second-order valence-corrected chi connectivity index (χ2v) is 5.52. The van der Waals surface area contributed by atoms with Crippen molar-refractivity contribution in [1.29, 1.82) is 0 Å². The molecule has 2 aromatic rings. The number of hydrogen-bond donors (Lipinski definition) is 1. The van der Waals surface area contributed by atoms with Crippen LogP contribution in [0, 0.1) is 6.92 Å². The van der Waals surface area contributed by atoms with Gasteiger partial charge in [0.25, 0.3) is 0 Å². The van der Waals surface area contributed by atoms with Crippen LogP contribution in [0.25, 0.3) is 0 Å². The number of hydrogen-bond acceptors (Lipinski definition) is 2. The first-order valence-electron chi connectivity index (χ1n) is 8.03. The summed E-state index contributed by atoms with van der Waals surface area (Å²) in [4.78, 5) is 0. The Morgan fingerprint density at radius 1 is 1.14 bits per heavy atom.